The standard InChI is InChI=1S/C30H50/c1-20(2)21-12-17-27(5)22(21)13-18-29(7)24(27)10-11-25-28(6)16-9-15-26(3,4)23(28)14-19-30(25,29)8/h22-25H,9-19H2,1-8H3. The lowest BCUT2D eigenvalue weighted by Crippen LogP contribution is -2.65. The van der Waals surface area contributed by atoms with E-state index in [1.807, 2.05) is 5.57 Å². The highest BCUT2D eigenvalue weighted by atomic mass is 14.7. The van der Waals surface area contributed by atoms with Gasteiger partial charge < -0.3 is 0 Å². The average Bonchev–Trinajstić information content (AvgIpc) is 2.99. The first-order chi connectivity index (χ1) is 13.9. The molecule has 30 heavy (non-hydrogen) atoms. The zero-order valence-electron chi connectivity index (χ0n) is 21.6. The molecule has 0 bridgehead atoms. The van der Waals surface area contributed by atoms with Crippen LogP contribution in [0.15, 0.2) is 11.1 Å². The monoisotopic (exact) mass is 410 g/mol. The van der Waals surface area contributed by atoms with E-state index in [4.69, 9.17) is 0 Å². The van der Waals surface area contributed by atoms with Gasteiger partial charge in [0.25, 0.3) is 0 Å². The van der Waals surface area contributed by atoms with Gasteiger partial charge in [-0.15, -0.1) is 0 Å². The maximum Gasteiger partial charge on any atom is -0.0144 e. The zero-order valence-corrected chi connectivity index (χ0v) is 21.6. The number of hydrogen-bond donors (Lipinski definition) is 0. The van der Waals surface area contributed by atoms with E-state index in [1.165, 1.54) is 70.6 Å². The van der Waals surface area contributed by atoms with Gasteiger partial charge in [-0.3, -0.25) is 0 Å². The van der Waals surface area contributed by atoms with Crippen molar-refractivity contribution in [1.82, 2.24) is 0 Å². The Bertz CT molecular complexity index is 752. The topological polar surface area (TPSA) is 0 Å². The third-order valence-corrected chi connectivity index (χ3v) is 13.2. The van der Waals surface area contributed by atoms with E-state index in [9.17, 15) is 0 Å². The van der Waals surface area contributed by atoms with Crippen molar-refractivity contribution < 1.29 is 0 Å². The Hall–Kier alpha value is -0.260. The molecule has 5 aliphatic carbocycles. The number of fused-ring (bicyclic) bond motifs is 7. The molecule has 5 fully saturated rings. The van der Waals surface area contributed by atoms with Crippen LogP contribution in [0.4, 0.5) is 0 Å². The summed E-state index contributed by atoms with van der Waals surface area (Å²) in [6.45, 7) is 21.1. The summed E-state index contributed by atoms with van der Waals surface area (Å²) in [5.41, 5.74) is 6.31. The minimum absolute atomic E-state index is 0.549. The lowest BCUT2D eigenvalue weighted by molar-refractivity contribution is -0.238. The molecule has 0 aliphatic heterocycles. The first-order valence-corrected chi connectivity index (χ1v) is 13.6. The summed E-state index contributed by atoms with van der Waals surface area (Å²) in [6, 6.07) is 0. The van der Waals surface area contributed by atoms with E-state index in [0.717, 1.165) is 23.7 Å². The molecule has 0 aromatic carbocycles. The van der Waals surface area contributed by atoms with Crippen molar-refractivity contribution >= 4 is 0 Å². The maximum absolute atomic E-state index is 2.80. The van der Waals surface area contributed by atoms with Crippen LogP contribution in [-0.2, 0) is 0 Å². The van der Waals surface area contributed by atoms with Crippen LogP contribution in [0.5, 0.6) is 0 Å². The molecule has 0 heteroatoms. The lowest BCUT2D eigenvalue weighted by atomic mass is 9.32. The minimum atomic E-state index is 0.549. The highest BCUT2D eigenvalue weighted by molar-refractivity contribution is 5.27. The second-order valence-electron chi connectivity index (χ2n) is 14.6. The van der Waals surface area contributed by atoms with Crippen LogP contribution in [0, 0.1) is 50.7 Å². The Morgan fingerprint density at radius 2 is 1.23 bits per heavy atom. The van der Waals surface area contributed by atoms with Crippen molar-refractivity contribution in [2.75, 3.05) is 0 Å². The van der Waals surface area contributed by atoms with Crippen LogP contribution in [0.3, 0.4) is 0 Å². The molecule has 0 radical (unpaired) electrons. The molecule has 170 valence electrons. The van der Waals surface area contributed by atoms with E-state index < -0.39 is 0 Å². The fourth-order valence-electron chi connectivity index (χ4n) is 11.7. The second kappa shape index (κ2) is 6.41. The molecular formula is C30H50. The van der Waals surface area contributed by atoms with Crippen molar-refractivity contribution in [1.29, 1.82) is 0 Å². The molecule has 0 saturated heterocycles. The first kappa shape index (κ1) is 21.6. The van der Waals surface area contributed by atoms with Crippen molar-refractivity contribution in [3.63, 3.8) is 0 Å². The molecule has 0 spiro atoms. The van der Waals surface area contributed by atoms with Crippen LogP contribution >= 0.6 is 0 Å². The Morgan fingerprint density at radius 3 is 1.87 bits per heavy atom. The summed E-state index contributed by atoms with van der Waals surface area (Å²) in [5.74, 6) is 3.74. The van der Waals surface area contributed by atoms with Crippen LogP contribution in [0.25, 0.3) is 0 Å². The largest absolute Gasteiger partial charge is 0.0769 e. The summed E-state index contributed by atoms with van der Waals surface area (Å²) in [4.78, 5) is 0. The van der Waals surface area contributed by atoms with Crippen LogP contribution in [0.1, 0.15) is 126 Å². The Kier molecular flexibility index (Phi) is 4.61. The molecule has 0 nitrogen and oxygen atoms in total. The molecule has 0 N–H and O–H groups in total. The van der Waals surface area contributed by atoms with E-state index in [-0.39, 0.29) is 0 Å². The summed E-state index contributed by atoms with van der Waals surface area (Å²) in [7, 11) is 0. The van der Waals surface area contributed by atoms with E-state index in [1.54, 1.807) is 5.57 Å². The van der Waals surface area contributed by atoms with Gasteiger partial charge in [0.05, 0.1) is 0 Å². The summed E-state index contributed by atoms with van der Waals surface area (Å²) in [6.07, 6.45) is 16.3. The van der Waals surface area contributed by atoms with Gasteiger partial charge in [-0.05, 0) is 129 Å². The Labute approximate surface area is 188 Å². The predicted octanol–water partition coefficient (Wildman–Crippen LogP) is 9.20. The van der Waals surface area contributed by atoms with E-state index >= 15 is 0 Å². The minimum Gasteiger partial charge on any atom is -0.0769 e. The molecule has 8 atom stereocenters. The highest BCUT2D eigenvalue weighted by Gasteiger charge is 2.69. The predicted molar refractivity (Wildman–Crippen MR) is 129 cm³/mol. The number of rotatable bonds is 0. The Balaban J connectivity index is 1.54. The molecule has 5 saturated carbocycles. The normalized spacial score (nSPS) is 54.6. The maximum atomic E-state index is 2.80. The number of hydrogen-bond acceptors (Lipinski definition) is 0. The summed E-state index contributed by atoms with van der Waals surface area (Å²) >= 11 is 0. The van der Waals surface area contributed by atoms with E-state index in [2.05, 4.69) is 55.4 Å². The molecule has 5 aliphatic rings. The second-order valence-corrected chi connectivity index (χ2v) is 14.6. The summed E-state index contributed by atoms with van der Waals surface area (Å²) < 4.78 is 0. The fraction of sp³-hybridized carbons (Fsp3) is 0.933. The van der Waals surface area contributed by atoms with Gasteiger partial charge in [0.15, 0.2) is 0 Å². The van der Waals surface area contributed by atoms with E-state index in [0.29, 0.717) is 27.1 Å². The number of allylic oxidation sites excluding steroid dienone is 2. The van der Waals surface area contributed by atoms with Crippen molar-refractivity contribution in [3.05, 3.63) is 11.1 Å². The molecule has 0 aromatic heterocycles. The smallest absolute Gasteiger partial charge is 0.0144 e. The van der Waals surface area contributed by atoms with Gasteiger partial charge in [0.1, 0.15) is 0 Å². The Morgan fingerprint density at radius 1 is 0.633 bits per heavy atom. The van der Waals surface area contributed by atoms with Crippen LogP contribution in [-0.4, -0.2) is 0 Å². The lowest BCUT2D eigenvalue weighted by Gasteiger charge is -2.73. The van der Waals surface area contributed by atoms with Crippen molar-refractivity contribution in [3.8, 4) is 0 Å². The van der Waals surface area contributed by atoms with Gasteiger partial charge >= 0.3 is 0 Å². The molecule has 5 rings (SSSR count). The van der Waals surface area contributed by atoms with Gasteiger partial charge in [-0.25, -0.2) is 0 Å². The quantitative estimate of drug-likeness (QED) is 0.349. The van der Waals surface area contributed by atoms with Gasteiger partial charge in [-0.2, -0.15) is 0 Å². The molecule has 8 unspecified atom stereocenters. The van der Waals surface area contributed by atoms with Crippen LogP contribution < -0.4 is 0 Å². The van der Waals surface area contributed by atoms with Crippen molar-refractivity contribution in [2.24, 2.45) is 50.7 Å². The van der Waals surface area contributed by atoms with Gasteiger partial charge in [-0.1, -0.05) is 59.1 Å². The van der Waals surface area contributed by atoms with Crippen molar-refractivity contribution in [2.45, 2.75) is 126 Å². The molecule has 0 heterocycles. The molecular weight excluding hydrogens is 360 g/mol. The first-order valence-electron chi connectivity index (χ1n) is 13.6. The third-order valence-electron chi connectivity index (χ3n) is 13.2. The van der Waals surface area contributed by atoms with Gasteiger partial charge in [0.2, 0.25) is 0 Å². The fourth-order valence-corrected chi connectivity index (χ4v) is 11.7. The molecule has 0 amide bonds. The SMILES string of the molecule is CC(C)=C1CCC2(C)C1CCC1(C)C2CCC2C3(C)CCCC(C)(C)C3CCC21C. The van der Waals surface area contributed by atoms with Gasteiger partial charge in [0, 0.05) is 0 Å². The van der Waals surface area contributed by atoms with Crippen LogP contribution in [0.2, 0.25) is 0 Å². The third kappa shape index (κ3) is 2.46. The molecule has 0 aromatic rings. The zero-order chi connectivity index (χ0) is 21.7. The highest BCUT2D eigenvalue weighted by Crippen LogP contribution is 2.77. The summed E-state index contributed by atoms with van der Waals surface area (Å²) in [5, 5.41) is 0. The average molecular weight is 411 g/mol.